The van der Waals surface area contributed by atoms with Crippen molar-refractivity contribution in [1.29, 1.82) is 5.26 Å². The van der Waals surface area contributed by atoms with Gasteiger partial charge in [0.2, 0.25) is 11.6 Å². The van der Waals surface area contributed by atoms with E-state index in [4.69, 9.17) is 21.7 Å². The molecule has 1 atom stereocenters. The second kappa shape index (κ2) is 12.0. The molecule has 0 saturated carbocycles. The summed E-state index contributed by atoms with van der Waals surface area (Å²) in [5.41, 5.74) is -5.16. The molecule has 4 rings (SSSR count). The predicted octanol–water partition coefficient (Wildman–Crippen LogP) is 4.33. The van der Waals surface area contributed by atoms with Gasteiger partial charge >= 0.3 is 5.92 Å². The highest BCUT2D eigenvalue weighted by Crippen LogP contribution is 2.46. The maximum absolute atomic E-state index is 16.2. The maximum atomic E-state index is 16.2. The summed E-state index contributed by atoms with van der Waals surface area (Å²) in [5, 5.41) is 24.1. The summed E-state index contributed by atoms with van der Waals surface area (Å²) in [6.07, 6.45) is 0.939. The molecule has 0 radical (unpaired) electrons. The molecule has 0 spiro atoms. The number of nitrogens with two attached hydrogens (primary N) is 2. The van der Waals surface area contributed by atoms with Crippen LogP contribution >= 0.6 is 0 Å². The molecular weight excluding hydrogens is 556 g/mol. The van der Waals surface area contributed by atoms with Crippen molar-refractivity contribution in [1.82, 2.24) is 9.99 Å². The summed E-state index contributed by atoms with van der Waals surface area (Å²) in [5.74, 6) is 3.01. The van der Waals surface area contributed by atoms with Crippen LogP contribution in [-0.2, 0) is 11.5 Å². The van der Waals surface area contributed by atoms with Crippen LogP contribution in [0.1, 0.15) is 27.2 Å². The van der Waals surface area contributed by atoms with Crippen LogP contribution in [-0.4, -0.2) is 33.3 Å². The number of halogens is 4. The van der Waals surface area contributed by atoms with Gasteiger partial charge in [-0.2, -0.15) is 19.1 Å². The van der Waals surface area contributed by atoms with Gasteiger partial charge in [-0.1, -0.05) is 30.3 Å². The summed E-state index contributed by atoms with van der Waals surface area (Å²) in [7, 11) is 0. The van der Waals surface area contributed by atoms with Crippen molar-refractivity contribution >= 4 is 11.6 Å². The number of aliphatic hydroxyl groups is 1. The summed E-state index contributed by atoms with van der Waals surface area (Å²) in [4.78, 5) is 16.6. The number of alkyl halides is 2. The average molecular weight is 579 g/mol. The standard InChI is InChI=1S/C29H22F4N6O3/c30-20-8-12-23(24(31)14-20)28(41,17-39(36)27(38-35)26(40)19-4-2-1-3-5-19)29(32,33)25-13-11-22(16-37-25)42-21-9-6-18(15-34)7-10-21/h1-14,16,41H,17,35-36H2/b38-27-. The molecule has 9 nitrogen and oxygen atoms in total. The van der Waals surface area contributed by atoms with Crippen molar-refractivity contribution in [2.24, 2.45) is 16.8 Å². The molecule has 13 heteroatoms. The molecule has 4 aromatic rings. The zero-order chi connectivity index (χ0) is 30.5. The number of amidine groups is 1. The number of carbonyl (C=O) groups is 1. The third-order valence-electron chi connectivity index (χ3n) is 6.21. The number of benzene rings is 3. The fourth-order valence-corrected chi connectivity index (χ4v) is 4.05. The molecule has 214 valence electrons. The van der Waals surface area contributed by atoms with E-state index in [-0.39, 0.29) is 17.1 Å². The smallest absolute Gasteiger partial charge is 0.323 e. The average Bonchev–Trinajstić information content (AvgIpc) is 2.98. The molecule has 1 unspecified atom stereocenters. The number of Topliss-reactive ketones (excluding diaryl/α,β-unsaturated/α-hetero) is 1. The van der Waals surface area contributed by atoms with E-state index in [0.717, 1.165) is 18.3 Å². The molecule has 5 N–H and O–H groups in total. The van der Waals surface area contributed by atoms with E-state index < -0.39 is 52.6 Å². The van der Waals surface area contributed by atoms with Gasteiger partial charge in [-0.15, -0.1) is 0 Å². The first-order valence-corrected chi connectivity index (χ1v) is 12.1. The highest BCUT2D eigenvalue weighted by atomic mass is 19.3. The number of nitriles is 1. The van der Waals surface area contributed by atoms with Gasteiger partial charge in [0.25, 0.3) is 0 Å². The van der Waals surface area contributed by atoms with Crippen LogP contribution in [0, 0.1) is 23.0 Å². The van der Waals surface area contributed by atoms with Gasteiger partial charge in [-0.3, -0.25) is 14.8 Å². The Hall–Kier alpha value is -5.32. The minimum Gasteiger partial charge on any atom is -0.456 e. The number of hydrogen-bond donors (Lipinski definition) is 3. The zero-order valence-corrected chi connectivity index (χ0v) is 21.6. The minimum atomic E-state index is -4.40. The van der Waals surface area contributed by atoms with Crippen LogP contribution < -0.4 is 16.4 Å². The highest BCUT2D eigenvalue weighted by molar-refractivity contribution is 6.44. The molecule has 42 heavy (non-hydrogen) atoms. The van der Waals surface area contributed by atoms with E-state index in [1.165, 1.54) is 48.5 Å². The quantitative estimate of drug-likeness (QED) is 0.0663. The third-order valence-corrected chi connectivity index (χ3v) is 6.21. The van der Waals surface area contributed by atoms with E-state index in [0.29, 0.717) is 28.8 Å². The van der Waals surface area contributed by atoms with Crippen LogP contribution in [0.5, 0.6) is 11.5 Å². The molecule has 0 aliphatic heterocycles. The fraction of sp³-hybridized carbons (Fsp3) is 0.103. The predicted molar refractivity (Wildman–Crippen MR) is 143 cm³/mol. The van der Waals surface area contributed by atoms with Gasteiger partial charge < -0.3 is 15.7 Å². The lowest BCUT2D eigenvalue weighted by atomic mass is 9.84. The van der Waals surface area contributed by atoms with E-state index in [1.54, 1.807) is 6.07 Å². The van der Waals surface area contributed by atoms with E-state index in [1.807, 2.05) is 6.07 Å². The lowest BCUT2D eigenvalue weighted by Crippen LogP contribution is -2.57. The summed E-state index contributed by atoms with van der Waals surface area (Å²) in [6, 6.07) is 19.0. The number of ketones is 1. The Bertz CT molecular complexity index is 1650. The molecular formula is C29H22F4N6O3. The van der Waals surface area contributed by atoms with E-state index in [2.05, 4.69) is 10.1 Å². The fourth-order valence-electron chi connectivity index (χ4n) is 4.05. The molecule has 0 saturated heterocycles. The maximum Gasteiger partial charge on any atom is 0.323 e. The Labute approximate surface area is 236 Å². The summed E-state index contributed by atoms with van der Waals surface area (Å²) >= 11 is 0. The van der Waals surface area contributed by atoms with E-state index in [9.17, 15) is 18.7 Å². The number of hydrazine groups is 1. The van der Waals surface area contributed by atoms with Gasteiger partial charge in [0.15, 0.2) is 5.60 Å². The van der Waals surface area contributed by atoms with Crippen molar-refractivity contribution in [3.63, 3.8) is 0 Å². The van der Waals surface area contributed by atoms with Gasteiger partial charge in [0, 0.05) is 17.2 Å². The largest absolute Gasteiger partial charge is 0.456 e. The van der Waals surface area contributed by atoms with Crippen LogP contribution in [0.25, 0.3) is 0 Å². The Morgan fingerprint density at radius 1 is 1.02 bits per heavy atom. The number of nitrogens with zero attached hydrogens (tertiary/aromatic N) is 4. The second-order valence-corrected chi connectivity index (χ2v) is 8.95. The number of carbonyl (C=O) groups excluding carboxylic acids is 1. The SMILES string of the molecule is N#Cc1ccc(Oc2ccc(C(F)(F)C(O)(CN(N)/C(=N\N)C(=O)c3ccccc3)c3ccc(F)cc3F)nc2)cc1. The molecule has 0 aliphatic carbocycles. The van der Waals surface area contributed by atoms with Crippen molar-refractivity contribution in [3.05, 3.63) is 125 Å². The topological polar surface area (TPSA) is 151 Å². The zero-order valence-electron chi connectivity index (χ0n) is 21.6. The molecule has 0 fully saturated rings. The minimum absolute atomic E-state index is 0.0298. The lowest BCUT2D eigenvalue weighted by Gasteiger charge is -2.38. The number of aromatic nitrogens is 1. The molecule has 1 aromatic heterocycles. The summed E-state index contributed by atoms with van der Waals surface area (Å²) in [6.45, 7) is -1.33. The first-order valence-electron chi connectivity index (χ1n) is 12.1. The third kappa shape index (κ3) is 5.90. The van der Waals surface area contributed by atoms with Crippen LogP contribution in [0.4, 0.5) is 17.6 Å². The van der Waals surface area contributed by atoms with Crippen molar-refractivity contribution in [3.8, 4) is 17.6 Å². The monoisotopic (exact) mass is 578 g/mol. The Balaban J connectivity index is 1.70. The summed E-state index contributed by atoms with van der Waals surface area (Å²) < 4.78 is 66.5. The second-order valence-electron chi connectivity index (χ2n) is 8.95. The van der Waals surface area contributed by atoms with Crippen LogP contribution in [0.15, 0.2) is 96.2 Å². The van der Waals surface area contributed by atoms with Crippen molar-refractivity contribution < 1.29 is 32.2 Å². The van der Waals surface area contributed by atoms with Gasteiger partial charge in [0.1, 0.15) is 28.8 Å². The highest BCUT2D eigenvalue weighted by Gasteiger charge is 2.58. The van der Waals surface area contributed by atoms with Crippen LogP contribution in [0.3, 0.4) is 0 Å². The number of rotatable bonds is 9. The molecule has 0 aliphatic rings. The lowest BCUT2D eigenvalue weighted by molar-refractivity contribution is -0.204. The van der Waals surface area contributed by atoms with Gasteiger partial charge in [-0.25, -0.2) is 14.6 Å². The first-order chi connectivity index (χ1) is 20.0. The number of hydrazone groups is 1. The Morgan fingerprint density at radius 3 is 2.26 bits per heavy atom. The normalized spacial score (nSPS) is 13.1. The molecule has 3 aromatic carbocycles. The molecule has 0 bridgehead atoms. The first kappa shape index (κ1) is 29.7. The van der Waals surface area contributed by atoms with Gasteiger partial charge in [-0.05, 0) is 48.5 Å². The number of pyridine rings is 1. The number of ether oxygens (including phenoxy) is 1. The van der Waals surface area contributed by atoms with E-state index >= 15 is 8.78 Å². The van der Waals surface area contributed by atoms with Gasteiger partial charge in [0.05, 0.1) is 24.4 Å². The molecule has 1 heterocycles. The number of hydrogen-bond acceptors (Lipinski definition) is 8. The Morgan fingerprint density at radius 2 is 1.69 bits per heavy atom. The Kier molecular flexibility index (Phi) is 8.51. The van der Waals surface area contributed by atoms with Crippen LogP contribution in [0.2, 0.25) is 0 Å². The molecule has 0 amide bonds. The van der Waals surface area contributed by atoms with Crippen molar-refractivity contribution in [2.45, 2.75) is 11.5 Å². The van der Waals surface area contributed by atoms with Crippen molar-refractivity contribution in [2.75, 3.05) is 6.54 Å².